The first kappa shape index (κ1) is 12.9. The average molecular weight is 248 g/mol. The lowest BCUT2D eigenvalue weighted by atomic mass is 9.79. The summed E-state index contributed by atoms with van der Waals surface area (Å²) >= 11 is 0. The van der Waals surface area contributed by atoms with Gasteiger partial charge >= 0.3 is 5.97 Å². The van der Waals surface area contributed by atoms with E-state index in [0.717, 1.165) is 31.2 Å². The zero-order valence-electron chi connectivity index (χ0n) is 10.8. The van der Waals surface area contributed by atoms with Crippen LogP contribution < -0.4 is 0 Å². The van der Waals surface area contributed by atoms with Crippen LogP contribution in [-0.4, -0.2) is 11.1 Å². The third-order valence-electron chi connectivity index (χ3n) is 3.65. The summed E-state index contributed by atoms with van der Waals surface area (Å²) in [6, 6.07) is 7.05. The summed E-state index contributed by atoms with van der Waals surface area (Å²) in [7, 11) is 0. The number of hydrogen-bond acceptors (Lipinski definition) is 3. The molecule has 0 atom stereocenters. The zero-order valence-corrected chi connectivity index (χ0v) is 10.8. The molecule has 98 valence electrons. The quantitative estimate of drug-likeness (QED) is 0.833. The molecule has 18 heavy (non-hydrogen) atoms. The average Bonchev–Trinajstić information content (AvgIpc) is 2.40. The predicted molar refractivity (Wildman–Crippen MR) is 69.3 cm³/mol. The van der Waals surface area contributed by atoms with Crippen LogP contribution >= 0.6 is 0 Å². The van der Waals surface area contributed by atoms with Gasteiger partial charge in [0, 0.05) is 6.42 Å². The highest BCUT2D eigenvalue weighted by molar-refractivity contribution is 5.69. The SMILES string of the molecule is CCC(=O)OC1(c2ccc(O)cc2)CCCCC1. The smallest absolute Gasteiger partial charge is 0.306 e. The van der Waals surface area contributed by atoms with E-state index in [9.17, 15) is 9.90 Å². The summed E-state index contributed by atoms with van der Waals surface area (Å²) in [5.41, 5.74) is 0.528. The Labute approximate surface area is 108 Å². The number of hydrogen-bond donors (Lipinski definition) is 1. The molecule has 1 aliphatic carbocycles. The molecule has 1 N–H and O–H groups in total. The number of ether oxygens (including phenoxy) is 1. The minimum absolute atomic E-state index is 0.148. The molecule has 3 nitrogen and oxygen atoms in total. The van der Waals surface area contributed by atoms with Crippen molar-refractivity contribution in [2.24, 2.45) is 0 Å². The van der Waals surface area contributed by atoms with Crippen LogP contribution in [0.4, 0.5) is 0 Å². The highest BCUT2D eigenvalue weighted by Gasteiger charge is 2.37. The van der Waals surface area contributed by atoms with Crippen molar-refractivity contribution in [1.29, 1.82) is 0 Å². The van der Waals surface area contributed by atoms with Crippen molar-refractivity contribution in [3.05, 3.63) is 29.8 Å². The fourth-order valence-electron chi connectivity index (χ4n) is 2.63. The van der Waals surface area contributed by atoms with Crippen molar-refractivity contribution >= 4 is 5.97 Å². The molecular weight excluding hydrogens is 228 g/mol. The van der Waals surface area contributed by atoms with Crippen LogP contribution in [0, 0.1) is 0 Å². The highest BCUT2D eigenvalue weighted by atomic mass is 16.6. The molecule has 0 spiro atoms. The van der Waals surface area contributed by atoms with E-state index in [0.29, 0.717) is 6.42 Å². The number of carbonyl (C=O) groups excluding carboxylic acids is 1. The fourth-order valence-corrected chi connectivity index (χ4v) is 2.63. The largest absolute Gasteiger partial charge is 0.508 e. The van der Waals surface area contributed by atoms with Gasteiger partial charge in [-0.2, -0.15) is 0 Å². The molecule has 0 saturated heterocycles. The Morgan fingerprint density at radius 3 is 2.39 bits per heavy atom. The van der Waals surface area contributed by atoms with Gasteiger partial charge in [0.2, 0.25) is 0 Å². The number of phenolic OH excluding ortho intramolecular Hbond substituents is 1. The van der Waals surface area contributed by atoms with Gasteiger partial charge in [0.1, 0.15) is 11.4 Å². The Morgan fingerprint density at radius 2 is 1.83 bits per heavy atom. The summed E-state index contributed by atoms with van der Waals surface area (Å²) in [5, 5.41) is 9.36. The van der Waals surface area contributed by atoms with Crippen molar-refractivity contribution in [2.45, 2.75) is 51.0 Å². The van der Waals surface area contributed by atoms with Crippen molar-refractivity contribution in [1.82, 2.24) is 0 Å². The van der Waals surface area contributed by atoms with Gasteiger partial charge in [-0.3, -0.25) is 4.79 Å². The van der Waals surface area contributed by atoms with Gasteiger partial charge in [0.05, 0.1) is 0 Å². The first-order valence-corrected chi connectivity index (χ1v) is 6.68. The summed E-state index contributed by atoms with van der Waals surface area (Å²) in [6.45, 7) is 1.82. The van der Waals surface area contributed by atoms with Crippen LogP contribution in [-0.2, 0) is 15.1 Å². The monoisotopic (exact) mass is 248 g/mol. The van der Waals surface area contributed by atoms with E-state index in [2.05, 4.69) is 0 Å². The maximum Gasteiger partial charge on any atom is 0.306 e. The molecule has 1 aliphatic rings. The lowest BCUT2D eigenvalue weighted by Crippen LogP contribution is -2.34. The highest BCUT2D eigenvalue weighted by Crippen LogP contribution is 2.41. The third-order valence-corrected chi connectivity index (χ3v) is 3.65. The topological polar surface area (TPSA) is 46.5 Å². The Balaban J connectivity index is 2.28. The lowest BCUT2D eigenvalue weighted by Gasteiger charge is -2.37. The van der Waals surface area contributed by atoms with E-state index in [-0.39, 0.29) is 11.7 Å². The van der Waals surface area contributed by atoms with Gasteiger partial charge in [0.15, 0.2) is 0 Å². The van der Waals surface area contributed by atoms with E-state index < -0.39 is 5.60 Å². The molecule has 2 rings (SSSR count). The van der Waals surface area contributed by atoms with Crippen LogP contribution in [0.25, 0.3) is 0 Å². The number of phenols is 1. The van der Waals surface area contributed by atoms with E-state index >= 15 is 0 Å². The Bertz CT molecular complexity index is 402. The minimum atomic E-state index is -0.473. The normalized spacial score (nSPS) is 18.3. The Kier molecular flexibility index (Phi) is 3.90. The molecular formula is C15H20O3. The molecule has 1 saturated carbocycles. The minimum Gasteiger partial charge on any atom is -0.508 e. The molecule has 1 aromatic carbocycles. The van der Waals surface area contributed by atoms with Gasteiger partial charge in [-0.1, -0.05) is 25.5 Å². The van der Waals surface area contributed by atoms with Crippen molar-refractivity contribution in [2.75, 3.05) is 0 Å². The van der Waals surface area contributed by atoms with Gasteiger partial charge in [-0.05, 0) is 43.4 Å². The fraction of sp³-hybridized carbons (Fsp3) is 0.533. The summed E-state index contributed by atoms with van der Waals surface area (Å²) in [6.07, 6.45) is 5.52. The van der Waals surface area contributed by atoms with Gasteiger partial charge in [-0.25, -0.2) is 0 Å². The first-order valence-electron chi connectivity index (χ1n) is 6.68. The van der Waals surface area contributed by atoms with E-state index in [4.69, 9.17) is 4.74 Å². The van der Waals surface area contributed by atoms with Crippen molar-refractivity contribution in [3.8, 4) is 5.75 Å². The third kappa shape index (κ3) is 2.66. The molecule has 0 amide bonds. The van der Waals surface area contributed by atoms with Crippen molar-refractivity contribution in [3.63, 3.8) is 0 Å². The number of carbonyl (C=O) groups is 1. The van der Waals surface area contributed by atoms with Crippen LogP contribution in [0.2, 0.25) is 0 Å². The van der Waals surface area contributed by atoms with Gasteiger partial charge in [-0.15, -0.1) is 0 Å². The standard InChI is InChI=1S/C15H20O3/c1-2-14(17)18-15(10-4-3-5-11-15)12-6-8-13(16)9-7-12/h6-9,16H,2-5,10-11H2,1H3. The van der Waals surface area contributed by atoms with Crippen LogP contribution in [0.15, 0.2) is 24.3 Å². The van der Waals surface area contributed by atoms with E-state index in [1.54, 1.807) is 12.1 Å². The van der Waals surface area contributed by atoms with Gasteiger partial charge in [0.25, 0.3) is 0 Å². The molecule has 1 fully saturated rings. The lowest BCUT2D eigenvalue weighted by molar-refractivity contribution is -0.164. The van der Waals surface area contributed by atoms with Crippen LogP contribution in [0.3, 0.4) is 0 Å². The van der Waals surface area contributed by atoms with Crippen LogP contribution in [0.1, 0.15) is 51.0 Å². The molecule has 0 unspecified atom stereocenters. The van der Waals surface area contributed by atoms with E-state index in [1.807, 2.05) is 19.1 Å². The predicted octanol–water partition coefficient (Wildman–Crippen LogP) is 3.50. The van der Waals surface area contributed by atoms with E-state index in [1.165, 1.54) is 6.42 Å². The maximum atomic E-state index is 11.7. The number of rotatable bonds is 3. The molecule has 0 heterocycles. The van der Waals surface area contributed by atoms with Gasteiger partial charge < -0.3 is 9.84 Å². The second-order valence-corrected chi connectivity index (χ2v) is 4.93. The molecule has 0 radical (unpaired) electrons. The Morgan fingerprint density at radius 1 is 1.22 bits per heavy atom. The summed E-state index contributed by atoms with van der Waals surface area (Å²) < 4.78 is 5.73. The second-order valence-electron chi connectivity index (χ2n) is 4.93. The summed E-state index contributed by atoms with van der Waals surface area (Å²) in [4.78, 5) is 11.7. The zero-order chi connectivity index (χ0) is 13.0. The molecule has 0 aromatic heterocycles. The molecule has 3 heteroatoms. The first-order chi connectivity index (χ1) is 8.66. The van der Waals surface area contributed by atoms with Crippen LogP contribution in [0.5, 0.6) is 5.75 Å². The maximum absolute atomic E-state index is 11.7. The second kappa shape index (κ2) is 5.42. The molecule has 1 aromatic rings. The number of aromatic hydroxyl groups is 1. The van der Waals surface area contributed by atoms with Crippen molar-refractivity contribution < 1.29 is 14.6 Å². The molecule has 0 bridgehead atoms. The summed E-state index contributed by atoms with van der Waals surface area (Å²) in [5.74, 6) is 0.0940. The number of esters is 1. The Hall–Kier alpha value is -1.51. The molecule has 0 aliphatic heterocycles. The number of benzene rings is 1.